The SMILES string of the molecule is [Cl-].[NH3+]C12CCC(C(=O)O)(CC1)CC2. The zero-order valence-electron chi connectivity index (χ0n) is 7.68. The largest absolute Gasteiger partial charge is 1.00 e. The lowest BCUT2D eigenvalue weighted by Gasteiger charge is -2.46. The molecular formula is C9H16ClNO2. The summed E-state index contributed by atoms with van der Waals surface area (Å²) in [4.78, 5) is 11.0. The zero-order chi connectivity index (χ0) is 8.82. The molecule has 4 heteroatoms. The molecule has 3 saturated carbocycles. The second-order valence-electron chi connectivity index (χ2n) is 4.59. The summed E-state index contributed by atoms with van der Waals surface area (Å²) in [6, 6.07) is 0. The van der Waals surface area contributed by atoms with Crippen molar-refractivity contribution in [3.8, 4) is 0 Å². The van der Waals surface area contributed by atoms with Gasteiger partial charge < -0.3 is 23.2 Å². The first-order chi connectivity index (χ1) is 5.56. The van der Waals surface area contributed by atoms with Gasteiger partial charge in [-0.15, -0.1) is 0 Å². The van der Waals surface area contributed by atoms with Crippen LogP contribution in [0.5, 0.6) is 0 Å². The highest BCUT2D eigenvalue weighted by Crippen LogP contribution is 2.50. The Labute approximate surface area is 84.1 Å². The maximum absolute atomic E-state index is 11.0. The van der Waals surface area contributed by atoms with E-state index in [1.54, 1.807) is 0 Å². The van der Waals surface area contributed by atoms with Gasteiger partial charge >= 0.3 is 5.97 Å². The Morgan fingerprint density at radius 1 is 1.08 bits per heavy atom. The molecule has 3 aliphatic rings. The first-order valence-corrected chi connectivity index (χ1v) is 4.65. The third kappa shape index (κ3) is 1.55. The summed E-state index contributed by atoms with van der Waals surface area (Å²) in [7, 11) is 0. The molecule has 0 heterocycles. The first kappa shape index (κ1) is 10.8. The minimum absolute atomic E-state index is 0. The Morgan fingerprint density at radius 2 is 1.46 bits per heavy atom. The summed E-state index contributed by atoms with van der Waals surface area (Å²) in [5.41, 5.74) is 4.05. The van der Waals surface area contributed by atoms with Gasteiger partial charge in [-0.2, -0.15) is 0 Å². The van der Waals surface area contributed by atoms with E-state index < -0.39 is 5.97 Å². The van der Waals surface area contributed by atoms with E-state index in [9.17, 15) is 4.79 Å². The summed E-state index contributed by atoms with van der Waals surface area (Å²) < 4.78 is 0. The average Bonchev–Trinajstić information content (AvgIpc) is 2.06. The van der Waals surface area contributed by atoms with E-state index in [0.29, 0.717) is 0 Å². The van der Waals surface area contributed by atoms with Crippen molar-refractivity contribution in [3.05, 3.63) is 0 Å². The topological polar surface area (TPSA) is 64.9 Å². The molecule has 0 unspecified atom stereocenters. The number of carboxylic acid groups (broad SMARTS) is 1. The van der Waals surface area contributed by atoms with Gasteiger partial charge in [-0.1, -0.05) is 0 Å². The van der Waals surface area contributed by atoms with Crippen LogP contribution in [0, 0.1) is 5.41 Å². The molecule has 0 amide bonds. The molecule has 0 aromatic carbocycles. The van der Waals surface area contributed by atoms with Gasteiger partial charge in [-0.05, 0) is 19.3 Å². The fraction of sp³-hybridized carbons (Fsp3) is 0.889. The maximum Gasteiger partial charge on any atom is 0.309 e. The van der Waals surface area contributed by atoms with Crippen molar-refractivity contribution < 1.29 is 28.0 Å². The number of halogens is 1. The summed E-state index contributed by atoms with van der Waals surface area (Å²) >= 11 is 0. The van der Waals surface area contributed by atoms with E-state index in [2.05, 4.69) is 5.73 Å². The first-order valence-electron chi connectivity index (χ1n) is 4.65. The maximum atomic E-state index is 11.0. The van der Waals surface area contributed by atoms with Crippen molar-refractivity contribution in [2.45, 2.75) is 44.1 Å². The molecule has 0 spiro atoms. The van der Waals surface area contributed by atoms with E-state index in [4.69, 9.17) is 5.11 Å². The number of fused-ring (bicyclic) bond motifs is 3. The highest BCUT2D eigenvalue weighted by molar-refractivity contribution is 5.75. The second kappa shape index (κ2) is 3.14. The summed E-state index contributed by atoms with van der Waals surface area (Å²) in [6.07, 6.45) is 5.60. The molecule has 76 valence electrons. The van der Waals surface area contributed by atoms with Gasteiger partial charge in [0.25, 0.3) is 0 Å². The number of hydrogen-bond donors (Lipinski definition) is 2. The van der Waals surface area contributed by atoms with Crippen LogP contribution in [0.25, 0.3) is 0 Å². The van der Waals surface area contributed by atoms with E-state index in [-0.39, 0.29) is 23.4 Å². The Kier molecular flexibility index (Phi) is 2.61. The van der Waals surface area contributed by atoms with E-state index in [0.717, 1.165) is 38.5 Å². The molecule has 3 aliphatic carbocycles. The molecule has 0 aromatic heterocycles. The Hall–Kier alpha value is -0.280. The Morgan fingerprint density at radius 3 is 1.77 bits per heavy atom. The standard InChI is InChI=1S/C9H15NO2.ClH/c10-9-4-1-8(2-5-9,3-6-9)7(11)12;/h1-6,10H2,(H,11,12);1H. The second-order valence-corrected chi connectivity index (χ2v) is 4.59. The van der Waals surface area contributed by atoms with Crippen molar-refractivity contribution in [2.24, 2.45) is 5.41 Å². The molecule has 0 atom stereocenters. The minimum Gasteiger partial charge on any atom is -1.00 e. The monoisotopic (exact) mass is 205 g/mol. The van der Waals surface area contributed by atoms with E-state index in [1.165, 1.54) is 0 Å². The number of hydrogen-bond acceptors (Lipinski definition) is 1. The molecular weight excluding hydrogens is 190 g/mol. The lowest BCUT2D eigenvalue weighted by atomic mass is 9.58. The van der Waals surface area contributed by atoms with Crippen LogP contribution in [0.3, 0.4) is 0 Å². The minimum atomic E-state index is -0.579. The molecule has 3 fully saturated rings. The quantitative estimate of drug-likeness (QED) is 0.494. The van der Waals surface area contributed by atoms with Gasteiger partial charge in [0.2, 0.25) is 0 Å². The van der Waals surface area contributed by atoms with Crippen molar-refractivity contribution in [2.75, 3.05) is 0 Å². The third-order valence-electron chi connectivity index (χ3n) is 3.86. The molecule has 4 N–H and O–H groups in total. The van der Waals surface area contributed by atoms with Crippen LogP contribution >= 0.6 is 0 Å². The molecule has 0 saturated heterocycles. The number of rotatable bonds is 1. The van der Waals surface area contributed by atoms with Gasteiger partial charge in [0.05, 0.1) is 11.0 Å². The predicted octanol–water partition coefficient (Wildman–Crippen LogP) is -2.59. The van der Waals surface area contributed by atoms with Gasteiger partial charge in [-0.25, -0.2) is 0 Å². The average molecular weight is 206 g/mol. The molecule has 0 radical (unpaired) electrons. The number of carbonyl (C=O) groups is 1. The predicted molar refractivity (Wildman–Crippen MR) is 43.4 cm³/mol. The van der Waals surface area contributed by atoms with Crippen LogP contribution in [0.4, 0.5) is 0 Å². The van der Waals surface area contributed by atoms with Crippen LogP contribution < -0.4 is 18.1 Å². The van der Waals surface area contributed by atoms with Crippen molar-refractivity contribution in [1.29, 1.82) is 0 Å². The lowest BCUT2D eigenvalue weighted by Crippen LogP contribution is -3.00. The highest BCUT2D eigenvalue weighted by atomic mass is 35.5. The van der Waals surface area contributed by atoms with Gasteiger partial charge in [0.1, 0.15) is 0 Å². The normalized spacial score (nSPS) is 42.5. The summed E-state index contributed by atoms with van der Waals surface area (Å²) in [5, 5.41) is 9.08. The molecule has 0 aromatic rings. The smallest absolute Gasteiger partial charge is 0.309 e. The Bertz CT molecular complexity index is 205. The Balaban J connectivity index is 0.000000845. The van der Waals surface area contributed by atoms with Crippen LogP contribution in [-0.4, -0.2) is 16.6 Å². The lowest BCUT2D eigenvalue weighted by molar-refractivity contribution is -0.496. The van der Waals surface area contributed by atoms with Gasteiger partial charge in [0.15, 0.2) is 0 Å². The van der Waals surface area contributed by atoms with Crippen LogP contribution in [0.2, 0.25) is 0 Å². The number of aliphatic carboxylic acids is 1. The van der Waals surface area contributed by atoms with Crippen molar-refractivity contribution in [3.63, 3.8) is 0 Å². The van der Waals surface area contributed by atoms with E-state index in [1.807, 2.05) is 0 Å². The summed E-state index contributed by atoms with van der Waals surface area (Å²) in [5.74, 6) is -0.579. The van der Waals surface area contributed by atoms with Crippen molar-refractivity contribution >= 4 is 5.97 Å². The van der Waals surface area contributed by atoms with Gasteiger partial charge in [-0.3, -0.25) is 4.79 Å². The molecule has 3 nitrogen and oxygen atoms in total. The number of quaternary nitrogens is 1. The fourth-order valence-electron chi connectivity index (χ4n) is 2.58. The summed E-state index contributed by atoms with van der Waals surface area (Å²) in [6.45, 7) is 0. The van der Waals surface area contributed by atoms with Crippen LogP contribution in [-0.2, 0) is 4.79 Å². The van der Waals surface area contributed by atoms with Crippen molar-refractivity contribution in [1.82, 2.24) is 0 Å². The molecule has 2 bridgehead atoms. The molecule has 0 aliphatic heterocycles. The van der Waals surface area contributed by atoms with Crippen LogP contribution in [0.15, 0.2) is 0 Å². The fourth-order valence-corrected chi connectivity index (χ4v) is 2.58. The number of carboxylic acids is 1. The van der Waals surface area contributed by atoms with E-state index >= 15 is 0 Å². The molecule has 13 heavy (non-hydrogen) atoms. The highest BCUT2D eigenvalue weighted by Gasteiger charge is 2.52. The van der Waals surface area contributed by atoms with Gasteiger partial charge in [0, 0.05) is 19.3 Å². The molecule has 3 rings (SSSR count). The third-order valence-corrected chi connectivity index (χ3v) is 3.86. The zero-order valence-corrected chi connectivity index (χ0v) is 8.44. The van der Waals surface area contributed by atoms with Crippen LogP contribution in [0.1, 0.15) is 38.5 Å².